The van der Waals surface area contributed by atoms with Gasteiger partial charge < -0.3 is 10.2 Å². The monoisotopic (exact) mass is 467 g/mol. The maximum atomic E-state index is 14.7. The highest BCUT2D eigenvalue weighted by molar-refractivity contribution is 6.32. The van der Waals surface area contributed by atoms with Crippen molar-refractivity contribution in [1.82, 2.24) is 35.0 Å². The number of nitrogens with zero attached hydrogens (tertiary/aromatic N) is 6. The Bertz CT molecular complexity index is 1290. The van der Waals surface area contributed by atoms with Crippen LogP contribution in [0.15, 0.2) is 30.6 Å². The van der Waals surface area contributed by atoms with E-state index in [0.29, 0.717) is 18.8 Å². The van der Waals surface area contributed by atoms with E-state index in [1.54, 1.807) is 20.5 Å². The Labute approximate surface area is 193 Å². The largest absolute Gasteiger partial charge is 0.346 e. The van der Waals surface area contributed by atoms with Gasteiger partial charge in [0.2, 0.25) is 0 Å². The van der Waals surface area contributed by atoms with E-state index in [9.17, 15) is 14.0 Å². The first-order valence-electron chi connectivity index (χ1n) is 10.4. The summed E-state index contributed by atoms with van der Waals surface area (Å²) < 4.78 is 18.0. The van der Waals surface area contributed by atoms with Gasteiger partial charge in [0.25, 0.3) is 11.8 Å². The molecule has 1 N–H and O–H groups in total. The number of carbonyl (C=O) groups excluding carboxylic acids is 2. The lowest BCUT2D eigenvalue weighted by atomic mass is 10.1. The molecule has 11 heteroatoms. The molecule has 1 saturated carbocycles. The average molecular weight is 468 g/mol. The summed E-state index contributed by atoms with van der Waals surface area (Å²) in [5.41, 5.74) is 1.16. The Balaban J connectivity index is 1.40. The fourth-order valence-electron chi connectivity index (χ4n) is 3.94. The van der Waals surface area contributed by atoms with Crippen LogP contribution in [0.3, 0.4) is 0 Å². The molecule has 2 aliphatic rings. The first-order valence-corrected chi connectivity index (χ1v) is 10.8. The molecule has 2 amide bonds. The molecular formula is C22H19ClFN7O2. The third-order valence-corrected chi connectivity index (χ3v) is 6.15. The molecule has 2 aromatic heterocycles. The molecule has 1 unspecified atom stereocenters. The summed E-state index contributed by atoms with van der Waals surface area (Å²) in [4.78, 5) is 27.9. The van der Waals surface area contributed by atoms with E-state index in [1.165, 1.54) is 18.3 Å². The molecule has 33 heavy (non-hydrogen) atoms. The second kappa shape index (κ2) is 8.33. The van der Waals surface area contributed by atoms with Gasteiger partial charge in [-0.05, 0) is 31.0 Å². The van der Waals surface area contributed by atoms with Crippen LogP contribution in [0.2, 0.25) is 5.02 Å². The molecule has 1 fully saturated rings. The SMILES string of the molecule is C#Cc1ccc(C(=O)NC2CN(C(=O)c3cnnn3C3CC3)Cc3ccnn3C2)c(F)c1Cl. The minimum Gasteiger partial charge on any atom is -0.346 e. The zero-order chi connectivity index (χ0) is 23.1. The molecule has 9 nitrogen and oxygen atoms in total. The fourth-order valence-corrected chi connectivity index (χ4v) is 4.16. The van der Waals surface area contributed by atoms with Gasteiger partial charge in [-0.15, -0.1) is 11.5 Å². The van der Waals surface area contributed by atoms with Gasteiger partial charge in [-0.2, -0.15) is 5.10 Å². The molecule has 1 aromatic carbocycles. The van der Waals surface area contributed by atoms with Gasteiger partial charge in [-0.3, -0.25) is 14.3 Å². The zero-order valence-electron chi connectivity index (χ0n) is 17.4. The number of halogens is 2. The number of fused-ring (bicyclic) bond motifs is 1. The summed E-state index contributed by atoms with van der Waals surface area (Å²) in [6.07, 6.45) is 10.3. The van der Waals surface area contributed by atoms with Crippen LogP contribution in [-0.4, -0.2) is 54.1 Å². The van der Waals surface area contributed by atoms with Crippen LogP contribution in [0.25, 0.3) is 0 Å². The molecule has 0 bridgehead atoms. The molecular weight excluding hydrogens is 449 g/mol. The van der Waals surface area contributed by atoms with Gasteiger partial charge >= 0.3 is 0 Å². The van der Waals surface area contributed by atoms with Crippen LogP contribution in [0.5, 0.6) is 0 Å². The van der Waals surface area contributed by atoms with Crippen molar-refractivity contribution >= 4 is 23.4 Å². The first kappa shape index (κ1) is 21.2. The summed E-state index contributed by atoms with van der Waals surface area (Å²) in [6, 6.07) is 4.20. The highest BCUT2D eigenvalue weighted by Crippen LogP contribution is 2.35. The second-order valence-electron chi connectivity index (χ2n) is 8.09. The molecule has 5 rings (SSSR count). The molecule has 0 radical (unpaired) electrons. The number of benzene rings is 1. The molecule has 1 aliphatic heterocycles. The Morgan fingerprint density at radius 2 is 2.06 bits per heavy atom. The van der Waals surface area contributed by atoms with E-state index < -0.39 is 17.8 Å². The van der Waals surface area contributed by atoms with Crippen LogP contribution in [0, 0.1) is 18.2 Å². The van der Waals surface area contributed by atoms with E-state index in [4.69, 9.17) is 18.0 Å². The molecule has 0 saturated heterocycles. The Morgan fingerprint density at radius 1 is 1.24 bits per heavy atom. The maximum Gasteiger partial charge on any atom is 0.274 e. The first-order chi connectivity index (χ1) is 16.0. The lowest BCUT2D eigenvalue weighted by Crippen LogP contribution is -2.46. The summed E-state index contributed by atoms with van der Waals surface area (Å²) in [6.45, 7) is 0.815. The van der Waals surface area contributed by atoms with Gasteiger partial charge in [0.05, 0.1) is 47.7 Å². The third-order valence-electron chi connectivity index (χ3n) is 5.78. The number of hydrogen-bond acceptors (Lipinski definition) is 5. The lowest BCUT2D eigenvalue weighted by molar-refractivity contribution is 0.0705. The number of terminal acetylenes is 1. The van der Waals surface area contributed by atoms with Gasteiger partial charge in [-0.25, -0.2) is 9.07 Å². The minimum absolute atomic E-state index is 0.166. The molecule has 1 atom stereocenters. The van der Waals surface area contributed by atoms with Crippen LogP contribution in [-0.2, 0) is 13.1 Å². The fraction of sp³-hybridized carbons (Fsp3) is 0.318. The summed E-state index contributed by atoms with van der Waals surface area (Å²) in [5, 5.41) is 14.8. The van der Waals surface area contributed by atoms with Gasteiger partial charge in [0.1, 0.15) is 5.69 Å². The van der Waals surface area contributed by atoms with Crippen molar-refractivity contribution in [3.8, 4) is 12.3 Å². The number of aromatic nitrogens is 5. The molecule has 0 spiro atoms. The summed E-state index contributed by atoms with van der Waals surface area (Å²) >= 11 is 5.95. The van der Waals surface area contributed by atoms with E-state index in [-0.39, 0.29) is 34.6 Å². The van der Waals surface area contributed by atoms with E-state index >= 15 is 0 Å². The van der Waals surface area contributed by atoms with Gasteiger partial charge in [0, 0.05) is 18.3 Å². The lowest BCUT2D eigenvalue weighted by Gasteiger charge is -2.25. The van der Waals surface area contributed by atoms with Crippen molar-refractivity contribution in [2.45, 2.75) is 38.0 Å². The highest BCUT2D eigenvalue weighted by atomic mass is 35.5. The molecule has 168 valence electrons. The normalized spacial score (nSPS) is 17.7. The topological polar surface area (TPSA) is 97.9 Å². The predicted molar refractivity (Wildman–Crippen MR) is 116 cm³/mol. The van der Waals surface area contributed by atoms with Crippen molar-refractivity contribution < 1.29 is 14.0 Å². The predicted octanol–water partition coefficient (Wildman–Crippen LogP) is 2.04. The number of rotatable bonds is 4. The van der Waals surface area contributed by atoms with Crippen molar-refractivity contribution in [1.29, 1.82) is 0 Å². The van der Waals surface area contributed by atoms with Crippen molar-refractivity contribution in [3.63, 3.8) is 0 Å². The Hall–Kier alpha value is -3.71. The smallest absolute Gasteiger partial charge is 0.274 e. The second-order valence-corrected chi connectivity index (χ2v) is 8.47. The maximum absolute atomic E-state index is 14.7. The highest BCUT2D eigenvalue weighted by Gasteiger charge is 2.33. The quantitative estimate of drug-likeness (QED) is 0.592. The van der Waals surface area contributed by atoms with E-state index in [0.717, 1.165) is 18.5 Å². The molecule has 3 heterocycles. The molecule has 3 aromatic rings. The Morgan fingerprint density at radius 3 is 2.82 bits per heavy atom. The number of amides is 2. The van der Waals surface area contributed by atoms with Gasteiger partial charge in [-0.1, -0.05) is 22.7 Å². The van der Waals surface area contributed by atoms with Crippen molar-refractivity contribution in [2.75, 3.05) is 6.54 Å². The molecule has 1 aliphatic carbocycles. The van der Waals surface area contributed by atoms with Gasteiger partial charge in [0.15, 0.2) is 5.82 Å². The summed E-state index contributed by atoms with van der Waals surface area (Å²) in [7, 11) is 0. The third kappa shape index (κ3) is 3.96. The van der Waals surface area contributed by atoms with Crippen LogP contribution >= 0.6 is 11.6 Å². The van der Waals surface area contributed by atoms with E-state index in [2.05, 4.69) is 26.6 Å². The Kier molecular flexibility index (Phi) is 5.34. The van der Waals surface area contributed by atoms with E-state index in [1.807, 2.05) is 6.07 Å². The van der Waals surface area contributed by atoms with Crippen molar-refractivity contribution in [2.24, 2.45) is 0 Å². The standard InChI is InChI=1S/C22H19ClFN7O2/c1-2-13-3-6-17(20(24)19(13)23)21(32)27-14-10-29(12-16-7-8-26-30(16)11-14)22(33)18-9-25-28-31(18)15-4-5-15/h1,3,6-9,14-15H,4-5,10-12H2,(H,27,32). The van der Waals surface area contributed by atoms with Crippen LogP contribution in [0.4, 0.5) is 4.39 Å². The summed E-state index contributed by atoms with van der Waals surface area (Å²) in [5.74, 6) is 0.494. The zero-order valence-corrected chi connectivity index (χ0v) is 18.2. The number of hydrogen-bond donors (Lipinski definition) is 1. The number of carbonyl (C=O) groups is 2. The minimum atomic E-state index is -0.884. The van der Waals surface area contributed by atoms with Crippen LogP contribution < -0.4 is 5.32 Å². The van der Waals surface area contributed by atoms with Crippen molar-refractivity contribution in [3.05, 3.63) is 63.9 Å². The van der Waals surface area contributed by atoms with Crippen LogP contribution in [0.1, 0.15) is 51.0 Å². The number of nitrogens with one attached hydrogen (secondary N) is 1. The average Bonchev–Trinajstić information content (AvgIpc) is 3.42.